The summed E-state index contributed by atoms with van der Waals surface area (Å²) >= 11 is 0. The number of phenols is 1. The van der Waals surface area contributed by atoms with Gasteiger partial charge in [0, 0.05) is 6.07 Å². The summed E-state index contributed by atoms with van der Waals surface area (Å²) in [4.78, 5) is 0. The van der Waals surface area contributed by atoms with Crippen molar-refractivity contribution in [2.45, 2.75) is 18.8 Å². The van der Waals surface area contributed by atoms with Crippen LogP contribution < -0.4 is 5.32 Å². The van der Waals surface area contributed by atoms with E-state index < -0.39 is 17.4 Å². The number of phenolic OH excluding ortho intramolecular Hbond substituents is 1. The van der Waals surface area contributed by atoms with Gasteiger partial charge < -0.3 is 10.4 Å². The van der Waals surface area contributed by atoms with Crippen LogP contribution in [0.3, 0.4) is 0 Å². The van der Waals surface area contributed by atoms with Gasteiger partial charge in [0.2, 0.25) is 0 Å². The summed E-state index contributed by atoms with van der Waals surface area (Å²) in [5, 5.41) is 12.4. The number of halogens is 2. The molecule has 82 valence electrons. The monoisotopic (exact) mass is 213 g/mol. The van der Waals surface area contributed by atoms with Crippen molar-refractivity contribution in [2.24, 2.45) is 0 Å². The molecule has 1 aliphatic rings. The van der Waals surface area contributed by atoms with Gasteiger partial charge in [0.25, 0.3) is 0 Å². The summed E-state index contributed by atoms with van der Waals surface area (Å²) in [7, 11) is 0. The summed E-state index contributed by atoms with van der Waals surface area (Å²) < 4.78 is 26.3. The second kappa shape index (κ2) is 4.14. The van der Waals surface area contributed by atoms with Crippen molar-refractivity contribution in [1.82, 2.24) is 5.32 Å². The summed E-state index contributed by atoms with van der Waals surface area (Å²) in [6.45, 7) is 1.67. The molecule has 1 aliphatic heterocycles. The van der Waals surface area contributed by atoms with Crippen molar-refractivity contribution >= 4 is 0 Å². The molecule has 0 aliphatic carbocycles. The molecule has 2 N–H and O–H groups in total. The van der Waals surface area contributed by atoms with Gasteiger partial charge in [-0.3, -0.25) is 0 Å². The van der Waals surface area contributed by atoms with E-state index in [-0.39, 0.29) is 5.92 Å². The van der Waals surface area contributed by atoms with Gasteiger partial charge in [-0.15, -0.1) is 0 Å². The number of nitrogens with one attached hydrogen (secondary N) is 1. The number of piperidine rings is 1. The van der Waals surface area contributed by atoms with E-state index in [0.29, 0.717) is 5.56 Å². The molecule has 2 nitrogen and oxygen atoms in total. The van der Waals surface area contributed by atoms with Crippen LogP contribution in [-0.4, -0.2) is 18.2 Å². The molecule has 1 heterocycles. The highest BCUT2D eigenvalue weighted by Crippen LogP contribution is 2.31. The fourth-order valence-electron chi connectivity index (χ4n) is 2.00. The summed E-state index contributed by atoms with van der Waals surface area (Å²) in [6.07, 6.45) is 1.64. The molecule has 1 aromatic rings. The molecule has 1 fully saturated rings. The van der Waals surface area contributed by atoms with Gasteiger partial charge in [-0.05, 0) is 43.5 Å². The first kappa shape index (κ1) is 10.4. The molecule has 0 unspecified atom stereocenters. The Hall–Kier alpha value is -1.16. The van der Waals surface area contributed by atoms with Gasteiger partial charge in [0.1, 0.15) is 5.82 Å². The molecule has 2 rings (SSSR count). The molecule has 0 atom stereocenters. The number of aromatic hydroxyl groups is 1. The molecule has 0 amide bonds. The van der Waals surface area contributed by atoms with E-state index in [1.807, 2.05) is 0 Å². The standard InChI is InChI=1S/C11H13F2NO/c12-9-6-10(13)11(15)5-8(9)7-1-3-14-4-2-7/h5-7,14-15H,1-4H2. The third-order valence-electron chi connectivity index (χ3n) is 2.85. The highest BCUT2D eigenvalue weighted by Gasteiger charge is 2.20. The van der Waals surface area contributed by atoms with Crippen LogP contribution in [0.25, 0.3) is 0 Å². The van der Waals surface area contributed by atoms with E-state index in [2.05, 4.69) is 5.32 Å². The summed E-state index contributed by atoms with van der Waals surface area (Å²) in [5.74, 6) is -1.84. The molecule has 0 aromatic heterocycles. The molecular formula is C11H13F2NO. The average molecular weight is 213 g/mol. The van der Waals surface area contributed by atoms with E-state index in [4.69, 9.17) is 0 Å². The minimum atomic E-state index is -0.898. The smallest absolute Gasteiger partial charge is 0.167 e. The predicted molar refractivity (Wildman–Crippen MR) is 52.9 cm³/mol. The van der Waals surface area contributed by atoms with Gasteiger partial charge in [-0.25, -0.2) is 8.78 Å². The fourth-order valence-corrected chi connectivity index (χ4v) is 2.00. The quantitative estimate of drug-likeness (QED) is 0.749. The number of hydrogen-bond acceptors (Lipinski definition) is 2. The Labute approximate surface area is 86.9 Å². The molecule has 0 bridgehead atoms. The highest BCUT2D eigenvalue weighted by atomic mass is 19.1. The number of benzene rings is 1. The maximum Gasteiger partial charge on any atom is 0.167 e. The topological polar surface area (TPSA) is 32.3 Å². The Balaban J connectivity index is 2.30. The first-order valence-electron chi connectivity index (χ1n) is 5.07. The van der Waals surface area contributed by atoms with Crippen LogP contribution in [0.15, 0.2) is 12.1 Å². The Morgan fingerprint density at radius 1 is 1.13 bits per heavy atom. The Kier molecular flexibility index (Phi) is 2.86. The van der Waals surface area contributed by atoms with Crippen LogP contribution in [0.4, 0.5) is 8.78 Å². The Morgan fingerprint density at radius 3 is 2.47 bits per heavy atom. The largest absolute Gasteiger partial charge is 0.505 e. The number of rotatable bonds is 1. The van der Waals surface area contributed by atoms with Gasteiger partial charge in [0.05, 0.1) is 0 Å². The van der Waals surface area contributed by atoms with Gasteiger partial charge in [0.15, 0.2) is 11.6 Å². The van der Waals surface area contributed by atoms with Crippen LogP contribution in [0.1, 0.15) is 24.3 Å². The molecule has 4 heteroatoms. The van der Waals surface area contributed by atoms with Crippen molar-refractivity contribution in [2.75, 3.05) is 13.1 Å². The van der Waals surface area contributed by atoms with E-state index in [1.54, 1.807) is 0 Å². The van der Waals surface area contributed by atoms with Crippen molar-refractivity contribution in [3.8, 4) is 5.75 Å². The SMILES string of the molecule is Oc1cc(C2CCNCC2)c(F)cc1F. The molecule has 0 saturated carbocycles. The van der Waals surface area contributed by atoms with E-state index in [1.165, 1.54) is 6.07 Å². The molecule has 1 saturated heterocycles. The lowest BCUT2D eigenvalue weighted by atomic mass is 9.90. The maximum absolute atomic E-state index is 13.4. The highest BCUT2D eigenvalue weighted by molar-refractivity contribution is 5.33. The third-order valence-corrected chi connectivity index (χ3v) is 2.85. The van der Waals surface area contributed by atoms with Crippen molar-refractivity contribution in [3.63, 3.8) is 0 Å². The lowest BCUT2D eigenvalue weighted by Gasteiger charge is -2.23. The summed E-state index contributed by atoms with van der Waals surface area (Å²) in [5.41, 5.74) is 0.426. The minimum absolute atomic E-state index is 0.0812. The van der Waals surface area contributed by atoms with Crippen molar-refractivity contribution in [3.05, 3.63) is 29.3 Å². The molecule has 0 radical (unpaired) electrons. The van der Waals surface area contributed by atoms with E-state index in [0.717, 1.165) is 32.0 Å². The third kappa shape index (κ3) is 2.09. The van der Waals surface area contributed by atoms with Gasteiger partial charge >= 0.3 is 0 Å². The van der Waals surface area contributed by atoms with Gasteiger partial charge in [-0.2, -0.15) is 0 Å². The van der Waals surface area contributed by atoms with E-state index in [9.17, 15) is 13.9 Å². The second-order valence-corrected chi connectivity index (χ2v) is 3.85. The molecular weight excluding hydrogens is 200 g/mol. The summed E-state index contributed by atoms with van der Waals surface area (Å²) in [6, 6.07) is 1.97. The first-order valence-corrected chi connectivity index (χ1v) is 5.07. The van der Waals surface area contributed by atoms with Crippen LogP contribution in [0.5, 0.6) is 5.75 Å². The fraction of sp³-hybridized carbons (Fsp3) is 0.455. The lowest BCUT2D eigenvalue weighted by molar-refractivity contribution is 0.412. The first-order chi connectivity index (χ1) is 7.18. The maximum atomic E-state index is 13.4. The Bertz CT molecular complexity index is 362. The van der Waals surface area contributed by atoms with Crippen LogP contribution in [0, 0.1) is 11.6 Å². The normalized spacial score (nSPS) is 18.0. The van der Waals surface area contributed by atoms with Gasteiger partial charge in [-0.1, -0.05) is 0 Å². The average Bonchev–Trinajstić information content (AvgIpc) is 2.25. The van der Waals surface area contributed by atoms with Crippen LogP contribution >= 0.6 is 0 Å². The van der Waals surface area contributed by atoms with E-state index >= 15 is 0 Å². The number of hydrogen-bond donors (Lipinski definition) is 2. The zero-order chi connectivity index (χ0) is 10.8. The second-order valence-electron chi connectivity index (χ2n) is 3.85. The molecule has 0 spiro atoms. The predicted octanol–water partition coefficient (Wildman–Crippen LogP) is 2.14. The van der Waals surface area contributed by atoms with Crippen molar-refractivity contribution < 1.29 is 13.9 Å². The lowest BCUT2D eigenvalue weighted by Crippen LogP contribution is -2.27. The molecule has 1 aromatic carbocycles. The Morgan fingerprint density at radius 2 is 1.80 bits per heavy atom. The zero-order valence-corrected chi connectivity index (χ0v) is 8.26. The van der Waals surface area contributed by atoms with Crippen LogP contribution in [0.2, 0.25) is 0 Å². The van der Waals surface area contributed by atoms with Crippen LogP contribution in [-0.2, 0) is 0 Å². The van der Waals surface area contributed by atoms with Crippen molar-refractivity contribution in [1.29, 1.82) is 0 Å². The minimum Gasteiger partial charge on any atom is -0.505 e. The zero-order valence-electron chi connectivity index (χ0n) is 8.26. The molecule has 15 heavy (non-hydrogen) atoms.